The lowest BCUT2D eigenvalue weighted by atomic mass is 9.82. The van der Waals surface area contributed by atoms with Gasteiger partial charge in [-0.15, -0.1) is 0 Å². The first-order chi connectivity index (χ1) is 11.5. The quantitative estimate of drug-likeness (QED) is 0.521. The van der Waals surface area contributed by atoms with E-state index >= 15 is 0 Å². The molecule has 0 N–H and O–H groups in total. The van der Waals surface area contributed by atoms with Crippen LogP contribution in [0.1, 0.15) is 30.5 Å². The standard InChI is InChI=1S/C22H20BrN/c1-22(2)14-19-17-9-5-3-7-15(17)11-12-18(19)21(24-22)13-16-8-4-6-10-20(16)23/h3-12H,13-14H2,1-2H3. The van der Waals surface area contributed by atoms with Crippen LogP contribution in [-0.2, 0) is 12.8 Å². The SMILES string of the molecule is CC1(C)Cc2c(ccc3ccccc23)C(Cc2ccccc2Br)=N1. The zero-order chi connectivity index (χ0) is 16.7. The van der Waals surface area contributed by atoms with Gasteiger partial charge in [-0.05, 0) is 53.8 Å². The Balaban J connectivity index is 1.87. The molecular formula is C22H20BrN. The number of fused-ring (bicyclic) bond motifs is 3. The van der Waals surface area contributed by atoms with Crippen LogP contribution in [0.5, 0.6) is 0 Å². The number of hydrogen-bond acceptors (Lipinski definition) is 1. The lowest BCUT2D eigenvalue weighted by Crippen LogP contribution is -2.30. The van der Waals surface area contributed by atoms with Crippen molar-refractivity contribution in [3.05, 3.63) is 81.8 Å². The van der Waals surface area contributed by atoms with Crippen LogP contribution in [0.4, 0.5) is 0 Å². The number of rotatable bonds is 2. The van der Waals surface area contributed by atoms with E-state index in [2.05, 4.69) is 90.4 Å². The molecule has 0 saturated heterocycles. The first kappa shape index (κ1) is 15.6. The fourth-order valence-electron chi connectivity index (χ4n) is 3.65. The Hall–Kier alpha value is -1.93. The highest BCUT2D eigenvalue weighted by Crippen LogP contribution is 2.33. The molecule has 1 nitrogen and oxygen atoms in total. The van der Waals surface area contributed by atoms with Gasteiger partial charge in [0.25, 0.3) is 0 Å². The van der Waals surface area contributed by atoms with Crippen LogP contribution < -0.4 is 0 Å². The Morgan fingerprint density at radius 2 is 1.71 bits per heavy atom. The van der Waals surface area contributed by atoms with Gasteiger partial charge in [0.2, 0.25) is 0 Å². The average Bonchev–Trinajstić information content (AvgIpc) is 2.56. The number of halogens is 1. The monoisotopic (exact) mass is 377 g/mol. The molecule has 4 rings (SSSR count). The van der Waals surface area contributed by atoms with Gasteiger partial charge in [0, 0.05) is 16.6 Å². The Kier molecular flexibility index (Phi) is 3.80. The van der Waals surface area contributed by atoms with Crippen LogP contribution in [0.2, 0.25) is 0 Å². The van der Waals surface area contributed by atoms with Crippen LogP contribution >= 0.6 is 15.9 Å². The molecule has 1 heterocycles. The molecule has 0 aromatic heterocycles. The van der Waals surface area contributed by atoms with Gasteiger partial charge in [-0.2, -0.15) is 0 Å². The molecule has 0 atom stereocenters. The largest absolute Gasteiger partial charge is 0.282 e. The van der Waals surface area contributed by atoms with E-state index in [0.29, 0.717) is 0 Å². The van der Waals surface area contributed by atoms with E-state index in [1.165, 1.54) is 33.2 Å². The zero-order valence-corrected chi connectivity index (χ0v) is 15.6. The molecular weight excluding hydrogens is 358 g/mol. The predicted octanol–water partition coefficient (Wildman–Crippen LogP) is 5.97. The maximum absolute atomic E-state index is 5.09. The highest BCUT2D eigenvalue weighted by Gasteiger charge is 2.28. The molecule has 0 amide bonds. The van der Waals surface area contributed by atoms with Crippen LogP contribution in [0.15, 0.2) is 70.1 Å². The highest BCUT2D eigenvalue weighted by molar-refractivity contribution is 9.10. The minimum atomic E-state index is -0.0618. The van der Waals surface area contributed by atoms with Gasteiger partial charge in [0.1, 0.15) is 0 Å². The van der Waals surface area contributed by atoms with Gasteiger partial charge in [0.15, 0.2) is 0 Å². The van der Waals surface area contributed by atoms with E-state index in [1.54, 1.807) is 0 Å². The van der Waals surface area contributed by atoms with E-state index in [9.17, 15) is 0 Å². The summed E-state index contributed by atoms with van der Waals surface area (Å²) in [5.74, 6) is 0. The molecule has 0 radical (unpaired) electrons. The second-order valence-corrected chi connectivity index (χ2v) is 7.98. The van der Waals surface area contributed by atoms with Gasteiger partial charge in [-0.25, -0.2) is 0 Å². The van der Waals surface area contributed by atoms with Crippen molar-refractivity contribution in [1.29, 1.82) is 0 Å². The summed E-state index contributed by atoms with van der Waals surface area (Å²) in [7, 11) is 0. The number of benzene rings is 3. The Bertz CT molecular complexity index is 953. The summed E-state index contributed by atoms with van der Waals surface area (Å²) in [6, 6.07) is 21.6. The normalized spacial score (nSPS) is 15.9. The maximum atomic E-state index is 5.09. The first-order valence-electron chi connectivity index (χ1n) is 8.37. The van der Waals surface area contributed by atoms with Crippen molar-refractivity contribution < 1.29 is 0 Å². The summed E-state index contributed by atoms with van der Waals surface area (Å²) < 4.78 is 1.15. The molecule has 2 heteroatoms. The lowest BCUT2D eigenvalue weighted by Gasteiger charge is -2.30. The van der Waals surface area contributed by atoms with Crippen molar-refractivity contribution in [3.63, 3.8) is 0 Å². The topological polar surface area (TPSA) is 12.4 Å². The lowest BCUT2D eigenvalue weighted by molar-refractivity contribution is 0.514. The molecule has 3 aromatic rings. The molecule has 0 bridgehead atoms. The summed E-state index contributed by atoms with van der Waals surface area (Å²) in [5, 5.41) is 2.68. The van der Waals surface area contributed by atoms with Crippen LogP contribution in [0, 0.1) is 0 Å². The molecule has 3 aromatic carbocycles. The molecule has 0 unspecified atom stereocenters. The minimum Gasteiger partial charge on any atom is -0.282 e. The molecule has 1 aliphatic rings. The Morgan fingerprint density at radius 1 is 0.958 bits per heavy atom. The summed E-state index contributed by atoms with van der Waals surface area (Å²) in [4.78, 5) is 5.09. The van der Waals surface area contributed by atoms with Crippen molar-refractivity contribution in [3.8, 4) is 0 Å². The number of nitrogens with zero attached hydrogens (tertiary/aromatic N) is 1. The predicted molar refractivity (Wildman–Crippen MR) is 106 cm³/mol. The third-order valence-electron chi connectivity index (χ3n) is 4.71. The fourth-order valence-corrected chi connectivity index (χ4v) is 4.08. The van der Waals surface area contributed by atoms with Crippen molar-refractivity contribution >= 4 is 32.4 Å². The molecule has 0 spiro atoms. The third-order valence-corrected chi connectivity index (χ3v) is 5.49. The van der Waals surface area contributed by atoms with Gasteiger partial charge in [-0.1, -0.05) is 70.5 Å². The van der Waals surface area contributed by atoms with Crippen LogP contribution in [-0.4, -0.2) is 11.3 Å². The zero-order valence-electron chi connectivity index (χ0n) is 14.0. The van der Waals surface area contributed by atoms with E-state index in [1.807, 2.05) is 0 Å². The highest BCUT2D eigenvalue weighted by atomic mass is 79.9. The molecule has 0 saturated carbocycles. The smallest absolute Gasteiger partial charge is 0.0596 e. The summed E-state index contributed by atoms with van der Waals surface area (Å²) in [6.45, 7) is 4.47. The van der Waals surface area contributed by atoms with Crippen LogP contribution in [0.25, 0.3) is 10.8 Å². The van der Waals surface area contributed by atoms with E-state index < -0.39 is 0 Å². The molecule has 0 fully saturated rings. The Morgan fingerprint density at radius 3 is 2.54 bits per heavy atom. The third kappa shape index (κ3) is 2.80. The minimum absolute atomic E-state index is 0.0618. The van der Waals surface area contributed by atoms with E-state index in [0.717, 1.165) is 17.3 Å². The molecule has 1 aliphatic heterocycles. The summed E-state index contributed by atoms with van der Waals surface area (Å²) >= 11 is 3.68. The van der Waals surface area contributed by atoms with Gasteiger partial charge in [-0.3, -0.25) is 4.99 Å². The van der Waals surface area contributed by atoms with Crippen molar-refractivity contribution in [2.24, 2.45) is 4.99 Å². The number of aliphatic imine (C=N–C) groups is 1. The fraction of sp³-hybridized carbons (Fsp3) is 0.227. The first-order valence-corrected chi connectivity index (χ1v) is 9.16. The van der Waals surface area contributed by atoms with Gasteiger partial charge in [0.05, 0.1) is 5.54 Å². The van der Waals surface area contributed by atoms with Crippen LogP contribution in [0.3, 0.4) is 0 Å². The van der Waals surface area contributed by atoms with Crippen molar-refractivity contribution in [1.82, 2.24) is 0 Å². The second kappa shape index (κ2) is 5.86. The van der Waals surface area contributed by atoms with E-state index in [-0.39, 0.29) is 5.54 Å². The maximum Gasteiger partial charge on any atom is 0.0596 e. The van der Waals surface area contributed by atoms with E-state index in [4.69, 9.17) is 4.99 Å². The van der Waals surface area contributed by atoms with Crippen molar-refractivity contribution in [2.45, 2.75) is 32.2 Å². The molecule has 0 aliphatic carbocycles. The average molecular weight is 378 g/mol. The molecule has 24 heavy (non-hydrogen) atoms. The summed E-state index contributed by atoms with van der Waals surface area (Å²) in [6.07, 6.45) is 1.85. The molecule has 120 valence electrons. The summed E-state index contributed by atoms with van der Waals surface area (Å²) in [5.41, 5.74) is 5.17. The van der Waals surface area contributed by atoms with Gasteiger partial charge < -0.3 is 0 Å². The number of hydrogen-bond donors (Lipinski definition) is 0. The van der Waals surface area contributed by atoms with Crippen molar-refractivity contribution in [2.75, 3.05) is 0 Å². The second-order valence-electron chi connectivity index (χ2n) is 7.13. The van der Waals surface area contributed by atoms with Gasteiger partial charge >= 0.3 is 0 Å². The Labute approximate surface area is 151 Å².